The maximum atomic E-state index is 12.6. The van der Waals surface area contributed by atoms with Gasteiger partial charge in [-0.1, -0.05) is 13.3 Å². The van der Waals surface area contributed by atoms with Gasteiger partial charge in [0.1, 0.15) is 0 Å². The number of nitrogens with two attached hydrogens (primary N) is 1. The SMILES string of the molecule is CCCC1(C(=O)NC(C)(C)CC(N)=O)CCCNC1. The van der Waals surface area contributed by atoms with Gasteiger partial charge in [0.25, 0.3) is 0 Å². The van der Waals surface area contributed by atoms with Crippen molar-refractivity contribution in [2.45, 2.75) is 58.4 Å². The fourth-order valence-corrected chi connectivity index (χ4v) is 2.89. The Morgan fingerprint density at radius 2 is 2.11 bits per heavy atom. The molecule has 0 spiro atoms. The van der Waals surface area contributed by atoms with Crippen molar-refractivity contribution in [2.75, 3.05) is 13.1 Å². The van der Waals surface area contributed by atoms with Gasteiger partial charge in [-0.15, -0.1) is 0 Å². The van der Waals surface area contributed by atoms with Crippen molar-refractivity contribution in [1.29, 1.82) is 0 Å². The molecule has 0 aromatic carbocycles. The molecule has 1 atom stereocenters. The molecular formula is C14H27N3O2. The topological polar surface area (TPSA) is 84.2 Å². The quantitative estimate of drug-likeness (QED) is 0.670. The van der Waals surface area contributed by atoms with Gasteiger partial charge in [-0.3, -0.25) is 9.59 Å². The maximum absolute atomic E-state index is 12.6. The first kappa shape index (κ1) is 16.0. The van der Waals surface area contributed by atoms with Crippen LogP contribution in [0, 0.1) is 5.41 Å². The number of hydrogen-bond acceptors (Lipinski definition) is 3. The predicted octanol–water partition coefficient (Wildman–Crippen LogP) is 0.927. The van der Waals surface area contributed by atoms with E-state index in [1.54, 1.807) is 0 Å². The number of primary amides is 1. The van der Waals surface area contributed by atoms with E-state index in [2.05, 4.69) is 17.6 Å². The van der Waals surface area contributed by atoms with Crippen LogP contribution in [-0.2, 0) is 9.59 Å². The molecule has 1 aliphatic rings. The summed E-state index contributed by atoms with van der Waals surface area (Å²) in [6, 6.07) is 0. The molecule has 1 rings (SSSR count). The lowest BCUT2D eigenvalue weighted by atomic mass is 9.75. The second-order valence-corrected chi connectivity index (χ2v) is 6.29. The molecule has 0 radical (unpaired) electrons. The van der Waals surface area contributed by atoms with Crippen molar-refractivity contribution in [3.05, 3.63) is 0 Å². The lowest BCUT2D eigenvalue weighted by molar-refractivity contribution is -0.134. The largest absolute Gasteiger partial charge is 0.370 e. The van der Waals surface area contributed by atoms with E-state index in [0.717, 1.165) is 38.8 Å². The lowest BCUT2D eigenvalue weighted by Gasteiger charge is -2.39. The molecule has 0 aromatic heterocycles. The fourth-order valence-electron chi connectivity index (χ4n) is 2.89. The van der Waals surface area contributed by atoms with Gasteiger partial charge < -0.3 is 16.4 Å². The van der Waals surface area contributed by atoms with E-state index in [1.807, 2.05) is 13.8 Å². The monoisotopic (exact) mass is 269 g/mol. The van der Waals surface area contributed by atoms with Gasteiger partial charge in [0, 0.05) is 18.5 Å². The summed E-state index contributed by atoms with van der Waals surface area (Å²) in [5.74, 6) is -0.343. The van der Waals surface area contributed by atoms with Gasteiger partial charge in [0.15, 0.2) is 0 Å². The van der Waals surface area contributed by atoms with Crippen LogP contribution in [0.4, 0.5) is 0 Å². The Bertz CT molecular complexity index is 328. The number of carbonyl (C=O) groups is 2. The minimum Gasteiger partial charge on any atom is -0.370 e. The Labute approximate surface area is 115 Å². The van der Waals surface area contributed by atoms with Crippen LogP contribution in [0.1, 0.15) is 52.9 Å². The molecule has 19 heavy (non-hydrogen) atoms. The summed E-state index contributed by atoms with van der Waals surface area (Å²) in [7, 11) is 0. The molecule has 0 bridgehead atoms. The summed E-state index contributed by atoms with van der Waals surface area (Å²) in [4.78, 5) is 23.6. The predicted molar refractivity (Wildman–Crippen MR) is 75.5 cm³/mol. The molecule has 0 aromatic rings. The first-order valence-corrected chi connectivity index (χ1v) is 7.13. The first-order chi connectivity index (χ1) is 8.81. The van der Waals surface area contributed by atoms with E-state index in [9.17, 15) is 9.59 Å². The highest BCUT2D eigenvalue weighted by Gasteiger charge is 2.40. The molecule has 1 aliphatic heterocycles. The highest BCUT2D eigenvalue weighted by Crippen LogP contribution is 2.32. The fraction of sp³-hybridized carbons (Fsp3) is 0.857. The minimum atomic E-state index is -0.582. The van der Waals surface area contributed by atoms with Crippen LogP contribution in [-0.4, -0.2) is 30.4 Å². The third kappa shape index (κ3) is 4.49. The molecule has 1 saturated heterocycles. The number of hydrogen-bond donors (Lipinski definition) is 3. The average molecular weight is 269 g/mol. The highest BCUT2D eigenvalue weighted by atomic mass is 16.2. The zero-order chi connectivity index (χ0) is 14.5. The van der Waals surface area contributed by atoms with Crippen LogP contribution in [0.5, 0.6) is 0 Å². The Morgan fingerprint density at radius 3 is 2.58 bits per heavy atom. The van der Waals surface area contributed by atoms with Gasteiger partial charge in [-0.2, -0.15) is 0 Å². The van der Waals surface area contributed by atoms with Crippen molar-refractivity contribution < 1.29 is 9.59 Å². The van der Waals surface area contributed by atoms with Crippen molar-refractivity contribution in [3.63, 3.8) is 0 Å². The summed E-state index contributed by atoms with van der Waals surface area (Å²) in [5.41, 5.74) is 4.31. The van der Waals surface area contributed by atoms with Crippen LogP contribution in [0.2, 0.25) is 0 Å². The first-order valence-electron chi connectivity index (χ1n) is 7.13. The summed E-state index contributed by atoms with van der Waals surface area (Å²) in [6.45, 7) is 7.47. The molecule has 5 heteroatoms. The Hall–Kier alpha value is -1.10. The van der Waals surface area contributed by atoms with E-state index >= 15 is 0 Å². The van der Waals surface area contributed by atoms with Gasteiger partial charge in [-0.05, 0) is 39.7 Å². The summed E-state index contributed by atoms with van der Waals surface area (Å²) in [6.07, 6.45) is 3.94. The van der Waals surface area contributed by atoms with Crippen LogP contribution < -0.4 is 16.4 Å². The van der Waals surface area contributed by atoms with Crippen LogP contribution in [0.15, 0.2) is 0 Å². The molecule has 2 amide bonds. The number of nitrogens with one attached hydrogen (secondary N) is 2. The lowest BCUT2D eigenvalue weighted by Crippen LogP contribution is -2.56. The van der Waals surface area contributed by atoms with Crippen LogP contribution in [0.25, 0.3) is 0 Å². The normalized spacial score (nSPS) is 23.9. The van der Waals surface area contributed by atoms with Crippen molar-refractivity contribution >= 4 is 11.8 Å². The van der Waals surface area contributed by atoms with E-state index in [1.165, 1.54) is 0 Å². The second-order valence-electron chi connectivity index (χ2n) is 6.29. The van der Waals surface area contributed by atoms with Gasteiger partial charge in [-0.25, -0.2) is 0 Å². The van der Waals surface area contributed by atoms with Gasteiger partial charge in [0.2, 0.25) is 11.8 Å². The third-order valence-corrected chi connectivity index (χ3v) is 3.75. The number of carbonyl (C=O) groups excluding carboxylic acids is 2. The zero-order valence-electron chi connectivity index (χ0n) is 12.3. The Kier molecular flexibility index (Phi) is 5.35. The van der Waals surface area contributed by atoms with E-state index in [4.69, 9.17) is 5.73 Å². The number of piperidine rings is 1. The average Bonchev–Trinajstić information content (AvgIpc) is 2.28. The molecule has 1 heterocycles. The minimum absolute atomic E-state index is 0.0489. The van der Waals surface area contributed by atoms with Crippen LogP contribution in [0.3, 0.4) is 0 Å². The van der Waals surface area contributed by atoms with E-state index < -0.39 is 11.4 Å². The summed E-state index contributed by atoms with van der Waals surface area (Å²) in [5, 5.41) is 6.32. The zero-order valence-corrected chi connectivity index (χ0v) is 12.3. The molecular weight excluding hydrogens is 242 g/mol. The molecule has 0 aliphatic carbocycles. The van der Waals surface area contributed by atoms with E-state index in [-0.39, 0.29) is 17.7 Å². The smallest absolute Gasteiger partial charge is 0.227 e. The highest BCUT2D eigenvalue weighted by molar-refractivity contribution is 5.84. The number of rotatable bonds is 6. The molecule has 5 nitrogen and oxygen atoms in total. The van der Waals surface area contributed by atoms with Gasteiger partial charge in [0.05, 0.1) is 5.41 Å². The number of amides is 2. The molecule has 4 N–H and O–H groups in total. The summed E-state index contributed by atoms with van der Waals surface area (Å²) >= 11 is 0. The molecule has 1 unspecified atom stereocenters. The van der Waals surface area contributed by atoms with E-state index in [0.29, 0.717) is 0 Å². The maximum Gasteiger partial charge on any atom is 0.227 e. The summed E-state index contributed by atoms with van der Waals surface area (Å²) < 4.78 is 0. The second kappa shape index (κ2) is 6.37. The molecule has 0 saturated carbocycles. The Balaban J connectivity index is 2.74. The van der Waals surface area contributed by atoms with Gasteiger partial charge >= 0.3 is 0 Å². The molecule has 1 fully saturated rings. The van der Waals surface area contributed by atoms with Crippen LogP contribution >= 0.6 is 0 Å². The van der Waals surface area contributed by atoms with Crippen molar-refractivity contribution in [1.82, 2.24) is 10.6 Å². The van der Waals surface area contributed by atoms with Crippen molar-refractivity contribution in [3.8, 4) is 0 Å². The Morgan fingerprint density at radius 1 is 1.42 bits per heavy atom. The third-order valence-electron chi connectivity index (χ3n) is 3.75. The standard InChI is InChI=1S/C14H27N3O2/c1-4-6-14(7-5-8-16-10-14)12(19)17-13(2,3)9-11(15)18/h16H,4-10H2,1-3H3,(H2,15,18)(H,17,19). The van der Waals surface area contributed by atoms with Crippen molar-refractivity contribution in [2.24, 2.45) is 11.1 Å². The molecule has 110 valence electrons.